The second kappa shape index (κ2) is 4.04. The molecule has 3 rings (SSSR count). The number of aromatic nitrogens is 5. The number of nitrogens with zero attached hydrogens (tertiary/aromatic N) is 5. The van der Waals surface area contributed by atoms with E-state index in [0.717, 1.165) is 24.4 Å². The van der Waals surface area contributed by atoms with Crippen molar-refractivity contribution in [1.29, 1.82) is 0 Å². The van der Waals surface area contributed by atoms with Gasteiger partial charge in [0.1, 0.15) is 6.54 Å². The molecular weight excluding hydrogens is 244 g/mol. The predicted octanol–water partition coefficient (Wildman–Crippen LogP) is 1.47. The molecule has 1 aliphatic carbocycles. The number of nitrogens with two attached hydrogens (primary N) is 1. The van der Waals surface area contributed by atoms with Crippen molar-refractivity contribution >= 4 is 5.82 Å². The normalized spacial score (nSPS) is 15.9. The number of rotatable bonds is 3. The molecule has 102 valence electrons. The van der Waals surface area contributed by atoms with Gasteiger partial charge in [-0.2, -0.15) is 4.98 Å². The van der Waals surface area contributed by atoms with E-state index in [0.29, 0.717) is 24.2 Å². The molecule has 7 nitrogen and oxygen atoms in total. The average molecular weight is 262 g/mol. The third-order valence-electron chi connectivity index (χ3n) is 3.18. The van der Waals surface area contributed by atoms with Gasteiger partial charge in [0.05, 0.1) is 5.69 Å². The van der Waals surface area contributed by atoms with E-state index >= 15 is 0 Å². The van der Waals surface area contributed by atoms with Gasteiger partial charge < -0.3 is 10.3 Å². The quantitative estimate of drug-likeness (QED) is 0.899. The van der Waals surface area contributed by atoms with E-state index < -0.39 is 0 Å². The monoisotopic (exact) mass is 262 g/mol. The topological polar surface area (TPSA) is 95.7 Å². The molecule has 0 amide bonds. The lowest BCUT2D eigenvalue weighted by Crippen LogP contribution is -2.20. The Hall–Kier alpha value is -1.92. The summed E-state index contributed by atoms with van der Waals surface area (Å²) < 4.78 is 6.99. The van der Waals surface area contributed by atoms with Gasteiger partial charge in [-0.1, -0.05) is 31.1 Å². The fourth-order valence-electron chi connectivity index (χ4n) is 2.18. The largest absolute Gasteiger partial charge is 0.381 e. The zero-order valence-corrected chi connectivity index (χ0v) is 11.4. The van der Waals surface area contributed by atoms with E-state index in [1.54, 1.807) is 4.68 Å². The SMILES string of the molecule is CC(C)(C)c1c(N)nnn1Cc1nc(C2CC2)no1. The highest BCUT2D eigenvalue weighted by Gasteiger charge is 2.29. The summed E-state index contributed by atoms with van der Waals surface area (Å²) in [5.41, 5.74) is 6.64. The lowest BCUT2D eigenvalue weighted by Gasteiger charge is -2.19. The first-order valence-corrected chi connectivity index (χ1v) is 6.47. The molecule has 0 unspecified atom stereocenters. The first-order valence-electron chi connectivity index (χ1n) is 6.47. The van der Waals surface area contributed by atoms with Crippen molar-refractivity contribution in [3.05, 3.63) is 17.4 Å². The Morgan fingerprint density at radius 3 is 2.74 bits per heavy atom. The van der Waals surface area contributed by atoms with Crippen LogP contribution in [0.15, 0.2) is 4.52 Å². The molecule has 19 heavy (non-hydrogen) atoms. The van der Waals surface area contributed by atoms with Gasteiger partial charge in [0.2, 0.25) is 5.89 Å². The van der Waals surface area contributed by atoms with Gasteiger partial charge in [-0.05, 0) is 12.8 Å². The van der Waals surface area contributed by atoms with Crippen LogP contribution in [-0.4, -0.2) is 25.1 Å². The summed E-state index contributed by atoms with van der Waals surface area (Å²) in [5.74, 6) is 2.30. The van der Waals surface area contributed by atoms with Crippen LogP contribution in [-0.2, 0) is 12.0 Å². The van der Waals surface area contributed by atoms with Crippen LogP contribution in [0, 0.1) is 0 Å². The van der Waals surface area contributed by atoms with Crippen molar-refractivity contribution in [2.75, 3.05) is 5.73 Å². The lowest BCUT2D eigenvalue weighted by atomic mass is 9.92. The maximum Gasteiger partial charge on any atom is 0.248 e. The number of hydrogen-bond donors (Lipinski definition) is 1. The van der Waals surface area contributed by atoms with Gasteiger partial charge in [-0.25, -0.2) is 4.68 Å². The van der Waals surface area contributed by atoms with E-state index in [1.165, 1.54) is 0 Å². The number of anilines is 1. The van der Waals surface area contributed by atoms with E-state index in [9.17, 15) is 0 Å². The maximum absolute atomic E-state index is 5.88. The summed E-state index contributed by atoms with van der Waals surface area (Å²) in [7, 11) is 0. The summed E-state index contributed by atoms with van der Waals surface area (Å²) in [6.07, 6.45) is 2.31. The van der Waals surface area contributed by atoms with Crippen LogP contribution in [0.5, 0.6) is 0 Å². The Morgan fingerprint density at radius 1 is 1.37 bits per heavy atom. The second-order valence-electron chi connectivity index (χ2n) is 6.05. The number of hydrogen-bond acceptors (Lipinski definition) is 6. The second-order valence-corrected chi connectivity index (χ2v) is 6.05. The highest BCUT2D eigenvalue weighted by molar-refractivity contribution is 5.38. The van der Waals surface area contributed by atoms with E-state index in [2.05, 4.69) is 41.2 Å². The van der Waals surface area contributed by atoms with Gasteiger partial charge in [0.15, 0.2) is 11.6 Å². The Morgan fingerprint density at radius 2 is 2.11 bits per heavy atom. The molecule has 7 heteroatoms. The molecule has 1 saturated carbocycles. The van der Waals surface area contributed by atoms with E-state index in [1.807, 2.05) is 0 Å². The van der Waals surface area contributed by atoms with Crippen molar-refractivity contribution in [2.24, 2.45) is 0 Å². The Labute approximate surface area is 111 Å². The van der Waals surface area contributed by atoms with Gasteiger partial charge >= 0.3 is 0 Å². The van der Waals surface area contributed by atoms with Gasteiger partial charge in [0, 0.05) is 11.3 Å². The molecule has 0 saturated heterocycles. The molecule has 0 bridgehead atoms. The van der Waals surface area contributed by atoms with Crippen LogP contribution in [0.3, 0.4) is 0 Å². The van der Waals surface area contributed by atoms with Gasteiger partial charge in [-0.3, -0.25) is 0 Å². The van der Waals surface area contributed by atoms with Crippen molar-refractivity contribution in [3.8, 4) is 0 Å². The molecule has 0 aliphatic heterocycles. The summed E-state index contributed by atoms with van der Waals surface area (Å²) in [4.78, 5) is 4.39. The van der Waals surface area contributed by atoms with Crippen molar-refractivity contribution in [2.45, 2.75) is 51.5 Å². The fraction of sp³-hybridized carbons (Fsp3) is 0.667. The van der Waals surface area contributed by atoms with Crippen LogP contribution in [0.1, 0.15) is 56.9 Å². The minimum atomic E-state index is -0.132. The van der Waals surface area contributed by atoms with Crippen molar-refractivity contribution < 1.29 is 4.52 Å². The Bertz CT molecular complexity index is 590. The first-order chi connectivity index (χ1) is 8.95. The standard InChI is InChI=1S/C12H18N6O/c1-12(2,3)9-10(13)15-17-18(9)6-8-14-11(16-19-8)7-4-5-7/h7H,4-6,13H2,1-3H3. The van der Waals surface area contributed by atoms with Crippen molar-refractivity contribution in [3.63, 3.8) is 0 Å². The molecular formula is C12H18N6O. The molecule has 0 atom stereocenters. The minimum Gasteiger partial charge on any atom is -0.381 e. The van der Waals surface area contributed by atoms with Gasteiger partial charge in [0.25, 0.3) is 0 Å². The van der Waals surface area contributed by atoms with Crippen molar-refractivity contribution in [1.82, 2.24) is 25.1 Å². The molecule has 1 fully saturated rings. The molecule has 0 aromatic carbocycles. The predicted molar refractivity (Wildman–Crippen MR) is 68.5 cm³/mol. The highest BCUT2D eigenvalue weighted by atomic mass is 16.5. The van der Waals surface area contributed by atoms with E-state index in [4.69, 9.17) is 10.3 Å². The summed E-state index contributed by atoms with van der Waals surface area (Å²) in [6.45, 7) is 6.63. The molecule has 2 heterocycles. The van der Waals surface area contributed by atoms with Crippen LogP contribution < -0.4 is 5.73 Å². The van der Waals surface area contributed by atoms with Crippen LogP contribution in [0.4, 0.5) is 5.82 Å². The fourth-order valence-corrected chi connectivity index (χ4v) is 2.18. The van der Waals surface area contributed by atoms with Crippen LogP contribution >= 0.6 is 0 Å². The molecule has 1 aliphatic rings. The molecule has 2 N–H and O–H groups in total. The lowest BCUT2D eigenvalue weighted by molar-refractivity contribution is 0.353. The average Bonchev–Trinajstić information content (AvgIpc) is 2.94. The highest BCUT2D eigenvalue weighted by Crippen LogP contribution is 2.38. The minimum absolute atomic E-state index is 0.132. The molecule has 2 aromatic heterocycles. The third-order valence-corrected chi connectivity index (χ3v) is 3.18. The molecule has 2 aromatic rings. The third kappa shape index (κ3) is 2.32. The summed E-state index contributed by atoms with van der Waals surface area (Å²) in [5, 5.41) is 12.0. The maximum atomic E-state index is 5.88. The zero-order chi connectivity index (χ0) is 13.6. The first kappa shape index (κ1) is 12.1. The zero-order valence-electron chi connectivity index (χ0n) is 11.4. The van der Waals surface area contributed by atoms with Crippen LogP contribution in [0.2, 0.25) is 0 Å². The van der Waals surface area contributed by atoms with Crippen LogP contribution in [0.25, 0.3) is 0 Å². The number of nitrogen functional groups attached to an aromatic ring is 1. The Kier molecular flexibility index (Phi) is 2.58. The van der Waals surface area contributed by atoms with Gasteiger partial charge in [-0.15, -0.1) is 5.10 Å². The summed E-state index contributed by atoms with van der Waals surface area (Å²) >= 11 is 0. The molecule has 0 radical (unpaired) electrons. The van der Waals surface area contributed by atoms with E-state index in [-0.39, 0.29) is 5.41 Å². The molecule has 0 spiro atoms. The Balaban J connectivity index is 1.86. The smallest absolute Gasteiger partial charge is 0.248 e. The summed E-state index contributed by atoms with van der Waals surface area (Å²) in [6, 6.07) is 0.